The van der Waals surface area contributed by atoms with Crippen molar-refractivity contribution in [1.29, 1.82) is 0 Å². The summed E-state index contributed by atoms with van der Waals surface area (Å²) in [6.45, 7) is 2.93. The van der Waals surface area contributed by atoms with E-state index in [-0.39, 0.29) is 33.8 Å². The van der Waals surface area contributed by atoms with Crippen LogP contribution in [0.1, 0.15) is 18.1 Å². The first kappa shape index (κ1) is 29.5. The van der Waals surface area contributed by atoms with Crippen LogP contribution in [0, 0.1) is 6.92 Å². The van der Waals surface area contributed by atoms with Crippen LogP contribution in [0.25, 0.3) is 0 Å². The van der Waals surface area contributed by atoms with Gasteiger partial charge in [-0.1, -0.05) is 57.4 Å². The zero-order valence-electron chi connectivity index (χ0n) is 21.4. The molecule has 0 fully saturated rings. The lowest BCUT2D eigenvalue weighted by Gasteiger charge is -2.32. The van der Waals surface area contributed by atoms with Gasteiger partial charge < -0.3 is 15.0 Å². The number of benzene rings is 3. The molecule has 202 valence electrons. The van der Waals surface area contributed by atoms with Crippen molar-refractivity contribution < 1.29 is 22.7 Å². The van der Waals surface area contributed by atoms with Crippen molar-refractivity contribution in [2.75, 3.05) is 25.0 Å². The quantitative estimate of drug-likeness (QED) is 0.351. The number of hydrogen-bond donors (Lipinski definition) is 1. The third-order valence-corrected chi connectivity index (χ3v) is 8.52. The van der Waals surface area contributed by atoms with E-state index >= 15 is 0 Å². The highest BCUT2D eigenvalue weighted by molar-refractivity contribution is 9.10. The first-order valence-electron chi connectivity index (χ1n) is 11.7. The predicted molar refractivity (Wildman–Crippen MR) is 152 cm³/mol. The summed E-state index contributed by atoms with van der Waals surface area (Å²) >= 11 is 9.63. The third-order valence-electron chi connectivity index (χ3n) is 5.98. The Balaban J connectivity index is 2.10. The fraction of sp³-hybridized carbons (Fsp3) is 0.259. The number of anilines is 1. The number of carbonyl (C=O) groups is 2. The molecule has 3 aromatic rings. The van der Waals surface area contributed by atoms with E-state index in [2.05, 4.69) is 21.2 Å². The summed E-state index contributed by atoms with van der Waals surface area (Å²) in [5, 5.41) is 2.82. The van der Waals surface area contributed by atoms with Gasteiger partial charge in [0.1, 0.15) is 18.3 Å². The number of sulfonamides is 1. The van der Waals surface area contributed by atoms with Crippen LogP contribution in [0.4, 0.5) is 5.69 Å². The van der Waals surface area contributed by atoms with E-state index < -0.39 is 28.5 Å². The number of methoxy groups -OCH3 is 1. The Bertz CT molecular complexity index is 1400. The summed E-state index contributed by atoms with van der Waals surface area (Å²) in [6, 6.07) is 17.3. The van der Waals surface area contributed by atoms with Crippen molar-refractivity contribution >= 4 is 55.1 Å². The SMILES string of the molecule is CNC(=O)[C@@H](C)N(Cc1ccc(Br)cc1)C(=O)CN(c1cc(Cl)ccc1OC)S(=O)(=O)c1ccc(C)cc1. The van der Waals surface area contributed by atoms with Crippen molar-refractivity contribution in [1.82, 2.24) is 10.2 Å². The summed E-state index contributed by atoms with van der Waals surface area (Å²) in [7, 11) is -1.36. The van der Waals surface area contributed by atoms with Crippen LogP contribution in [0.3, 0.4) is 0 Å². The second-order valence-electron chi connectivity index (χ2n) is 8.58. The summed E-state index contributed by atoms with van der Waals surface area (Å²) in [6.07, 6.45) is 0. The minimum absolute atomic E-state index is 0.00302. The molecule has 3 aromatic carbocycles. The Labute approximate surface area is 236 Å². The number of rotatable bonds is 10. The summed E-state index contributed by atoms with van der Waals surface area (Å²) in [4.78, 5) is 27.7. The first-order chi connectivity index (χ1) is 18.0. The van der Waals surface area contributed by atoms with Gasteiger partial charge in [0.05, 0.1) is 17.7 Å². The Morgan fingerprint density at radius 3 is 2.26 bits per heavy atom. The average molecular weight is 623 g/mol. The molecule has 0 aliphatic carbocycles. The monoisotopic (exact) mass is 621 g/mol. The molecule has 11 heteroatoms. The van der Waals surface area contributed by atoms with E-state index in [0.717, 1.165) is 19.9 Å². The minimum Gasteiger partial charge on any atom is -0.495 e. The molecule has 38 heavy (non-hydrogen) atoms. The first-order valence-corrected chi connectivity index (χ1v) is 14.3. The van der Waals surface area contributed by atoms with Gasteiger partial charge >= 0.3 is 0 Å². The number of nitrogens with zero attached hydrogens (tertiary/aromatic N) is 2. The molecule has 0 aliphatic heterocycles. The van der Waals surface area contributed by atoms with E-state index in [0.29, 0.717) is 0 Å². The van der Waals surface area contributed by atoms with Gasteiger partial charge in [0, 0.05) is 23.1 Å². The highest BCUT2D eigenvalue weighted by atomic mass is 79.9. The topological polar surface area (TPSA) is 96.0 Å². The molecule has 0 spiro atoms. The maximum absolute atomic E-state index is 13.9. The third kappa shape index (κ3) is 6.86. The molecule has 1 atom stereocenters. The molecule has 0 saturated carbocycles. The highest BCUT2D eigenvalue weighted by Crippen LogP contribution is 2.35. The van der Waals surface area contributed by atoms with Crippen LogP contribution in [0.15, 0.2) is 76.1 Å². The molecule has 0 aromatic heterocycles. The number of likely N-dealkylation sites (N-methyl/N-ethyl adjacent to an activating group) is 1. The molecule has 0 aliphatic rings. The van der Waals surface area contributed by atoms with Crippen molar-refractivity contribution in [2.24, 2.45) is 0 Å². The van der Waals surface area contributed by atoms with Gasteiger partial charge in [-0.25, -0.2) is 8.42 Å². The Kier molecular flexibility index (Phi) is 9.81. The largest absolute Gasteiger partial charge is 0.495 e. The van der Waals surface area contributed by atoms with E-state index in [1.54, 1.807) is 25.1 Å². The zero-order chi connectivity index (χ0) is 28.0. The number of halogens is 2. The molecule has 0 radical (unpaired) electrons. The fourth-order valence-corrected chi connectivity index (χ4v) is 5.63. The van der Waals surface area contributed by atoms with E-state index in [1.807, 2.05) is 31.2 Å². The predicted octanol–water partition coefficient (Wildman–Crippen LogP) is 4.78. The van der Waals surface area contributed by atoms with Crippen LogP contribution < -0.4 is 14.4 Å². The Hall–Kier alpha value is -3.08. The lowest BCUT2D eigenvalue weighted by molar-refractivity contribution is -0.139. The summed E-state index contributed by atoms with van der Waals surface area (Å²) in [5.74, 6) is -0.748. The van der Waals surface area contributed by atoms with Crippen LogP contribution in [0.2, 0.25) is 5.02 Å². The Morgan fingerprint density at radius 1 is 1.05 bits per heavy atom. The van der Waals surface area contributed by atoms with Gasteiger partial charge in [-0.3, -0.25) is 13.9 Å². The standard InChI is InChI=1S/C27H29BrClN3O5S/c1-18-5-12-23(13-6-18)38(35,36)32(24-15-22(29)11-14-25(24)37-4)17-26(33)31(19(2)27(34)30-3)16-20-7-9-21(28)10-8-20/h5-15,19H,16-17H2,1-4H3,(H,30,34)/t19-/m1/s1. The molecule has 0 heterocycles. The molecule has 0 unspecified atom stereocenters. The van der Waals surface area contributed by atoms with Crippen LogP contribution in [-0.2, 0) is 26.2 Å². The zero-order valence-corrected chi connectivity index (χ0v) is 24.6. The second-order valence-corrected chi connectivity index (χ2v) is 11.8. The van der Waals surface area contributed by atoms with Crippen molar-refractivity contribution in [3.63, 3.8) is 0 Å². The number of carbonyl (C=O) groups excluding carboxylic acids is 2. The average Bonchev–Trinajstić information content (AvgIpc) is 2.90. The van der Waals surface area contributed by atoms with Gasteiger partial charge in [0.2, 0.25) is 11.8 Å². The highest BCUT2D eigenvalue weighted by Gasteiger charge is 2.33. The molecule has 1 N–H and O–H groups in total. The van der Waals surface area contributed by atoms with Gasteiger partial charge in [0.15, 0.2) is 0 Å². The minimum atomic E-state index is -4.24. The lowest BCUT2D eigenvalue weighted by Crippen LogP contribution is -2.50. The molecule has 8 nitrogen and oxygen atoms in total. The van der Waals surface area contributed by atoms with Gasteiger partial charge in [0.25, 0.3) is 10.0 Å². The van der Waals surface area contributed by atoms with Crippen LogP contribution in [0.5, 0.6) is 5.75 Å². The summed E-state index contributed by atoms with van der Waals surface area (Å²) in [5.41, 5.74) is 1.75. The van der Waals surface area contributed by atoms with E-state index in [1.165, 1.54) is 43.3 Å². The van der Waals surface area contributed by atoms with E-state index in [4.69, 9.17) is 16.3 Å². The molecule has 0 saturated heterocycles. The van der Waals surface area contributed by atoms with Crippen molar-refractivity contribution in [3.05, 3.63) is 87.4 Å². The fourth-order valence-electron chi connectivity index (χ4n) is 3.79. The van der Waals surface area contributed by atoms with E-state index in [9.17, 15) is 18.0 Å². The maximum atomic E-state index is 13.9. The van der Waals surface area contributed by atoms with Crippen LogP contribution >= 0.6 is 27.5 Å². The molecular formula is C27H29BrClN3O5S. The van der Waals surface area contributed by atoms with Gasteiger partial charge in [-0.05, 0) is 61.9 Å². The number of aryl methyl sites for hydroxylation is 1. The molecule has 0 bridgehead atoms. The number of nitrogens with one attached hydrogen (secondary N) is 1. The summed E-state index contributed by atoms with van der Waals surface area (Å²) < 4.78 is 35.1. The second kappa shape index (κ2) is 12.6. The number of hydrogen-bond acceptors (Lipinski definition) is 5. The van der Waals surface area contributed by atoms with Gasteiger partial charge in [-0.15, -0.1) is 0 Å². The lowest BCUT2D eigenvalue weighted by atomic mass is 10.1. The Morgan fingerprint density at radius 2 is 1.68 bits per heavy atom. The van der Waals surface area contributed by atoms with Gasteiger partial charge in [-0.2, -0.15) is 0 Å². The molecular weight excluding hydrogens is 594 g/mol. The smallest absolute Gasteiger partial charge is 0.264 e. The normalized spacial score (nSPS) is 11.9. The molecule has 2 amide bonds. The van der Waals surface area contributed by atoms with Crippen molar-refractivity contribution in [2.45, 2.75) is 31.3 Å². The maximum Gasteiger partial charge on any atom is 0.264 e. The van der Waals surface area contributed by atoms with Crippen LogP contribution in [-0.4, -0.2) is 51.9 Å². The molecule has 3 rings (SSSR count). The number of amides is 2. The van der Waals surface area contributed by atoms with Crippen molar-refractivity contribution in [3.8, 4) is 5.75 Å². The number of ether oxygens (including phenoxy) is 1.